The van der Waals surface area contributed by atoms with E-state index in [1.54, 1.807) is 11.1 Å². The van der Waals surface area contributed by atoms with Crippen molar-refractivity contribution in [3.8, 4) is 0 Å². The van der Waals surface area contributed by atoms with Crippen molar-refractivity contribution in [3.63, 3.8) is 0 Å². The van der Waals surface area contributed by atoms with Gasteiger partial charge in [-0.25, -0.2) is 0 Å². The van der Waals surface area contributed by atoms with E-state index in [2.05, 4.69) is 50.3 Å². The number of benzene rings is 1. The van der Waals surface area contributed by atoms with Gasteiger partial charge in [-0.1, -0.05) is 74.3 Å². The van der Waals surface area contributed by atoms with Crippen molar-refractivity contribution in [3.05, 3.63) is 58.7 Å². The fraction of sp³-hybridized carbons (Fsp3) is 0.545. The Labute approximate surface area is 140 Å². The molecule has 1 heteroatoms. The summed E-state index contributed by atoms with van der Waals surface area (Å²) in [6.45, 7) is 4.58. The number of hydrogen-bond donors (Lipinski definition) is 0. The van der Waals surface area contributed by atoms with Crippen LogP contribution in [0, 0.1) is 11.8 Å². The van der Waals surface area contributed by atoms with Crippen molar-refractivity contribution in [1.82, 2.24) is 0 Å². The Bertz CT molecular complexity index is 584. The lowest BCUT2D eigenvalue weighted by Gasteiger charge is -2.35. The van der Waals surface area contributed by atoms with E-state index in [1.807, 2.05) is 0 Å². The van der Waals surface area contributed by atoms with Gasteiger partial charge < -0.3 is 4.74 Å². The van der Waals surface area contributed by atoms with E-state index in [-0.39, 0.29) is 0 Å². The number of allylic oxidation sites excluding steroid dienone is 2. The molecule has 4 atom stereocenters. The van der Waals surface area contributed by atoms with Crippen molar-refractivity contribution in [2.45, 2.75) is 64.6 Å². The molecule has 1 saturated heterocycles. The lowest BCUT2D eigenvalue weighted by molar-refractivity contribution is 0.0584. The fourth-order valence-electron chi connectivity index (χ4n) is 4.81. The minimum atomic E-state index is 0.301. The lowest BCUT2D eigenvalue weighted by atomic mass is 9.66. The third-order valence-corrected chi connectivity index (χ3v) is 5.95. The van der Waals surface area contributed by atoms with Crippen LogP contribution < -0.4 is 0 Å². The van der Waals surface area contributed by atoms with Gasteiger partial charge in [0, 0.05) is 11.8 Å². The van der Waals surface area contributed by atoms with Gasteiger partial charge in [-0.3, -0.25) is 0 Å². The largest absolute Gasteiger partial charge is 0.364 e. The Morgan fingerprint density at radius 3 is 1.70 bits per heavy atom. The van der Waals surface area contributed by atoms with E-state index >= 15 is 0 Å². The molecule has 0 saturated carbocycles. The minimum Gasteiger partial charge on any atom is -0.364 e. The molecule has 23 heavy (non-hydrogen) atoms. The van der Waals surface area contributed by atoms with E-state index in [0.29, 0.717) is 24.0 Å². The van der Waals surface area contributed by atoms with Crippen LogP contribution in [0.2, 0.25) is 0 Å². The van der Waals surface area contributed by atoms with Crippen LogP contribution in [-0.2, 0) is 4.74 Å². The van der Waals surface area contributed by atoms with Crippen molar-refractivity contribution in [2.75, 3.05) is 0 Å². The zero-order chi connectivity index (χ0) is 15.8. The Balaban J connectivity index is 1.70. The van der Waals surface area contributed by atoms with Gasteiger partial charge >= 0.3 is 0 Å². The summed E-state index contributed by atoms with van der Waals surface area (Å²) in [7, 11) is 0. The normalized spacial score (nSPS) is 30.7. The molecule has 0 radical (unpaired) electrons. The molecular weight excluding hydrogens is 280 g/mol. The third kappa shape index (κ3) is 2.41. The fourth-order valence-corrected chi connectivity index (χ4v) is 4.81. The summed E-state index contributed by atoms with van der Waals surface area (Å²) in [5, 5.41) is 0. The van der Waals surface area contributed by atoms with E-state index in [0.717, 1.165) is 0 Å². The molecule has 122 valence electrons. The molecule has 1 aromatic carbocycles. The average molecular weight is 308 g/mol. The summed E-state index contributed by atoms with van der Waals surface area (Å²) < 4.78 is 6.53. The first-order valence-electron chi connectivity index (χ1n) is 9.49. The summed E-state index contributed by atoms with van der Waals surface area (Å²) in [4.78, 5) is 0. The monoisotopic (exact) mass is 308 g/mol. The maximum Gasteiger partial charge on any atom is 0.0909 e. The summed E-state index contributed by atoms with van der Waals surface area (Å²) >= 11 is 0. The molecular formula is C22H28O. The van der Waals surface area contributed by atoms with Crippen molar-refractivity contribution < 1.29 is 4.74 Å². The zero-order valence-corrected chi connectivity index (χ0v) is 14.4. The maximum atomic E-state index is 6.53. The molecule has 0 N–H and O–H groups in total. The second kappa shape index (κ2) is 6.28. The standard InChI is InChI=1S/C22H28O/c1-3-5-9-15-13-14-16(10-6-4-2)20-19(15)21-17-11-7-8-12-18(17)22(20)23-21/h7-8,11-14,19-22H,3-6,9-10H2,1-2H3/t19-,20+,21+,22-. The Hall–Kier alpha value is -1.34. The molecule has 2 bridgehead atoms. The molecule has 0 amide bonds. The van der Waals surface area contributed by atoms with Crippen molar-refractivity contribution >= 4 is 0 Å². The van der Waals surface area contributed by atoms with Crippen molar-refractivity contribution in [2.24, 2.45) is 11.8 Å². The van der Waals surface area contributed by atoms with Crippen LogP contribution in [0.5, 0.6) is 0 Å². The first kappa shape index (κ1) is 15.2. The van der Waals surface area contributed by atoms with Gasteiger partial charge in [0.05, 0.1) is 12.2 Å². The van der Waals surface area contributed by atoms with E-state index in [4.69, 9.17) is 4.74 Å². The molecule has 2 heterocycles. The molecule has 0 unspecified atom stereocenters. The summed E-state index contributed by atoms with van der Waals surface area (Å²) in [6.07, 6.45) is 13.1. The lowest BCUT2D eigenvalue weighted by Crippen LogP contribution is -2.27. The highest BCUT2D eigenvalue weighted by atomic mass is 16.5. The van der Waals surface area contributed by atoms with E-state index in [9.17, 15) is 0 Å². The van der Waals surface area contributed by atoms with Crippen LogP contribution in [0.15, 0.2) is 47.6 Å². The predicted octanol–water partition coefficient (Wildman–Crippen LogP) is 6.29. The van der Waals surface area contributed by atoms with Crippen LogP contribution in [-0.4, -0.2) is 0 Å². The number of ether oxygens (including phenoxy) is 1. The molecule has 1 fully saturated rings. The van der Waals surface area contributed by atoms with Crippen LogP contribution >= 0.6 is 0 Å². The number of fused-ring (bicyclic) bond motifs is 8. The smallest absolute Gasteiger partial charge is 0.0909 e. The van der Waals surface area contributed by atoms with Crippen LogP contribution in [0.25, 0.3) is 0 Å². The molecule has 4 rings (SSSR count). The second-order valence-corrected chi connectivity index (χ2v) is 7.35. The highest BCUT2D eigenvalue weighted by molar-refractivity contribution is 5.46. The predicted molar refractivity (Wildman–Crippen MR) is 95.2 cm³/mol. The van der Waals surface area contributed by atoms with E-state index < -0.39 is 0 Å². The molecule has 3 aliphatic rings. The van der Waals surface area contributed by atoms with Gasteiger partial charge in [-0.05, 0) is 36.8 Å². The average Bonchev–Trinajstić information content (AvgIpc) is 3.16. The van der Waals surface area contributed by atoms with Crippen LogP contribution in [0.3, 0.4) is 0 Å². The van der Waals surface area contributed by atoms with Gasteiger partial charge in [0.1, 0.15) is 0 Å². The number of hydrogen-bond acceptors (Lipinski definition) is 1. The number of unbranched alkanes of at least 4 members (excludes halogenated alkanes) is 2. The van der Waals surface area contributed by atoms with Gasteiger partial charge in [0.2, 0.25) is 0 Å². The van der Waals surface area contributed by atoms with Gasteiger partial charge in [-0.15, -0.1) is 0 Å². The molecule has 1 nitrogen and oxygen atoms in total. The second-order valence-electron chi connectivity index (χ2n) is 7.35. The maximum absolute atomic E-state index is 6.53. The summed E-state index contributed by atoms with van der Waals surface area (Å²) in [6, 6.07) is 8.92. The zero-order valence-electron chi connectivity index (χ0n) is 14.4. The first-order chi connectivity index (χ1) is 11.3. The van der Waals surface area contributed by atoms with E-state index in [1.165, 1.54) is 49.7 Å². The molecule has 0 aromatic heterocycles. The topological polar surface area (TPSA) is 9.23 Å². The molecule has 2 aliphatic heterocycles. The highest BCUT2D eigenvalue weighted by Crippen LogP contribution is 2.63. The summed E-state index contributed by atoms with van der Waals surface area (Å²) in [5.41, 5.74) is 6.19. The van der Waals surface area contributed by atoms with Gasteiger partial charge in [0.25, 0.3) is 0 Å². The Kier molecular flexibility index (Phi) is 4.15. The third-order valence-electron chi connectivity index (χ3n) is 5.95. The van der Waals surface area contributed by atoms with Crippen molar-refractivity contribution in [1.29, 1.82) is 0 Å². The minimum absolute atomic E-state index is 0.301. The van der Waals surface area contributed by atoms with Gasteiger partial charge in [-0.2, -0.15) is 0 Å². The van der Waals surface area contributed by atoms with Gasteiger partial charge in [0.15, 0.2) is 0 Å². The van der Waals surface area contributed by atoms with Crippen LogP contribution in [0.4, 0.5) is 0 Å². The first-order valence-corrected chi connectivity index (χ1v) is 9.49. The SMILES string of the molecule is CCCCC1=CC=C(CCCC)[C@H]2[C@@H]1[C@H]1O[C@@H]2c2ccccc21. The molecule has 0 spiro atoms. The number of rotatable bonds is 6. The molecule has 1 aromatic rings. The van der Waals surface area contributed by atoms with Crippen LogP contribution in [0.1, 0.15) is 75.7 Å². The molecule has 1 aliphatic carbocycles. The highest BCUT2D eigenvalue weighted by Gasteiger charge is 2.54. The Morgan fingerprint density at radius 2 is 1.26 bits per heavy atom. The summed E-state index contributed by atoms with van der Waals surface area (Å²) in [5.74, 6) is 1.19. The quantitative estimate of drug-likeness (QED) is 0.600. The Morgan fingerprint density at radius 1 is 0.783 bits per heavy atom.